The second-order valence-electron chi connectivity index (χ2n) is 8.39. The zero-order valence-corrected chi connectivity index (χ0v) is 20.1. The zero-order chi connectivity index (χ0) is 23.8. The van der Waals surface area contributed by atoms with Gasteiger partial charge in [0.15, 0.2) is 0 Å². The second-order valence-corrected chi connectivity index (χ2v) is 8.82. The van der Waals surface area contributed by atoms with Crippen molar-refractivity contribution in [2.75, 3.05) is 33.4 Å². The normalized spacial score (nSPS) is 15.5. The third-order valence-electron chi connectivity index (χ3n) is 6.17. The number of aromatic nitrogens is 1. The first-order valence-corrected chi connectivity index (χ1v) is 12.0. The molecule has 0 saturated carbocycles. The highest BCUT2D eigenvalue weighted by Gasteiger charge is 2.27. The predicted octanol–water partition coefficient (Wildman–Crippen LogP) is 4.74. The first-order valence-electron chi connectivity index (χ1n) is 11.6. The van der Waals surface area contributed by atoms with Gasteiger partial charge in [0, 0.05) is 23.7 Å². The minimum Gasteiger partial charge on any atom is -0.497 e. The van der Waals surface area contributed by atoms with Gasteiger partial charge in [-0.15, -0.1) is 0 Å². The van der Waals surface area contributed by atoms with Crippen molar-refractivity contribution in [3.05, 3.63) is 89.2 Å². The Bertz CT molecular complexity index is 1040. The molecule has 2 heterocycles. The van der Waals surface area contributed by atoms with Crippen molar-refractivity contribution >= 4 is 17.5 Å². The maximum atomic E-state index is 13.2. The number of ether oxygens (including phenoxy) is 2. The molecule has 1 aromatic heterocycles. The Hall–Kier alpha value is -3.09. The van der Waals surface area contributed by atoms with E-state index in [2.05, 4.69) is 15.2 Å². The highest BCUT2D eigenvalue weighted by Crippen LogP contribution is 2.25. The van der Waals surface area contributed by atoms with Crippen molar-refractivity contribution in [1.29, 1.82) is 0 Å². The summed E-state index contributed by atoms with van der Waals surface area (Å²) < 4.78 is 11.0. The van der Waals surface area contributed by atoms with E-state index < -0.39 is 0 Å². The van der Waals surface area contributed by atoms with E-state index in [9.17, 15) is 4.79 Å². The molecule has 2 aromatic carbocycles. The van der Waals surface area contributed by atoms with Gasteiger partial charge in [0.05, 0.1) is 18.8 Å². The molecule has 34 heavy (non-hydrogen) atoms. The molecule has 1 saturated heterocycles. The van der Waals surface area contributed by atoms with E-state index in [4.69, 9.17) is 21.1 Å². The summed E-state index contributed by atoms with van der Waals surface area (Å²) in [6, 6.07) is 20.6. The van der Waals surface area contributed by atoms with Crippen molar-refractivity contribution < 1.29 is 14.3 Å². The average molecular weight is 480 g/mol. The van der Waals surface area contributed by atoms with Crippen molar-refractivity contribution in [2.45, 2.75) is 18.9 Å². The van der Waals surface area contributed by atoms with E-state index in [-0.39, 0.29) is 17.9 Å². The lowest BCUT2D eigenvalue weighted by Crippen LogP contribution is -2.42. The van der Waals surface area contributed by atoms with Gasteiger partial charge in [-0.25, -0.2) is 0 Å². The van der Waals surface area contributed by atoms with Gasteiger partial charge in [-0.05, 0) is 80.0 Å². The number of methoxy groups -OCH3 is 1. The van der Waals surface area contributed by atoms with Gasteiger partial charge in [-0.2, -0.15) is 0 Å². The molecule has 1 amide bonds. The zero-order valence-electron chi connectivity index (χ0n) is 19.3. The molecule has 0 aliphatic carbocycles. The lowest BCUT2D eigenvalue weighted by atomic mass is 9.94. The summed E-state index contributed by atoms with van der Waals surface area (Å²) in [6.07, 6.45) is 3.39. The van der Waals surface area contributed by atoms with Crippen LogP contribution >= 0.6 is 11.6 Å². The topological polar surface area (TPSA) is 63.7 Å². The lowest BCUT2D eigenvalue weighted by Gasteiger charge is -2.32. The monoisotopic (exact) mass is 479 g/mol. The van der Waals surface area contributed by atoms with Gasteiger partial charge in [-0.1, -0.05) is 29.8 Å². The highest BCUT2D eigenvalue weighted by atomic mass is 35.5. The number of amides is 1. The number of piperidine rings is 1. The summed E-state index contributed by atoms with van der Waals surface area (Å²) in [5.74, 6) is 1.70. The first-order chi connectivity index (χ1) is 16.6. The molecule has 0 bridgehead atoms. The van der Waals surface area contributed by atoms with Crippen LogP contribution in [-0.4, -0.2) is 49.1 Å². The van der Waals surface area contributed by atoms with Gasteiger partial charge < -0.3 is 14.8 Å². The number of hydrogen-bond donors (Lipinski definition) is 1. The third kappa shape index (κ3) is 6.49. The summed E-state index contributed by atoms with van der Waals surface area (Å²) in [7, 11) is 1.65. The number of benzene rings is 2. The summed E-state index contributed by atoms with van der Waals surface area (Å²) >= 11 is 6.07. The first kappa shape index (κ1) is 24.0. The van der Waals surface area contributed by atoms with Crippen LogP contribution in [0.2, 0.25) is 5.02 Å². The van der Waals surface area contributed by atoms with Crippen molar-refractivity contribution in [3.8, 4) is 11.5 Å². The van der Waals surface area contributed by atoms with Gasteiger partial charge in [0.2, 0.25) is 5.91 Å². The molecule has 0 radical (unpaired) electrons. The molecule has 1 N–H and O–H groups in total. The Morgan fingerprint density at radius 2 is 1.76 bits per heavy atom. The summed E-state index contributed by atoms with van der Waals surface area (Å²) in [5, 5.41) is 3.89. The number of carbonyl (C=O) groups excluding carboxylic acids is 1. The molecule has 1 atom stereocenters. The fourth-order valence-corrected chi connectivity index (χ4v) is 4.30. The van der Waals surface area contributed by atoms with E-state index in [0.29, 0.717) is 11.6 Å². The Morgan fingerprint density at radius 3 is 2.41 bits per heavy atom. The van der Waals surface area contributed by atoms with Crippen LogP contribution in [-0.2, 0) is 4.79 Å². The molecular weight excluding hydrogens is 450 g/mol. The fourth-order valence-electron chi connectivity index (χ4n) is 4.17. The van der Waals surface area contributed by atoms with Crippen molar-refractivity contribution in [3.63, 3.8) is 0 Å². The van der Waals surface area contributed by atoms with Crippen LogP contribution in [0.15, 0.2) is 72.9 Å². The molecule has 178 valence electrons. The Kier molecular flexibility index (Phi) is 8.39. The Balaban J connectivity index is 1.28. The molecule has 1 fully saturated rings. The lowest BCUT2D eigenvalue weighted by molar-refractivity contribution is -0.127. The van der Waals surface area contributed by atoms with Crippen LogP contribution in [0.3, 0.4) is 0 Å². The van der Waals surface area contributed by atoms with E-state index in [1.165, 1.54) is 0 Å². The maximum Gasteiger partial charge on any atom is 0.224 e. The van der Waals surface area contributed by atoms with Crippen LogP contribution in [0.25, 0.3) is 0 Å². The number of hydrogen-bond acceptors (Lipinski definition) is 5. The average Bonchev–Trinajstić information content (AvgIpc) is 2.89. The van der Waals surface area contributed by atoms with Crippen LogP contribution in [0.5, 0.6) is 11.5 Å². The number of nitrogens with zero attached hydrogens (tertiary/aromatic N) is 2. The van der Waals surface area contributed by atoms with Gasteiger partial charge in [0.25, 0.3) is 0 Å². The second kappa shape index (κ2) is 11.9. The number of rotatable bonds is 9. The Labute approximate surface area is 205 Å². The van der Waals surface area contributed by atoms with Crippen LogP contribution < -0.4 is 14.8 Å². The molecule has 4 rings (SSSR count). The number of carbonyl (C=O) groups is 1. The largest absolute Gasteiger partial charge is 0.497 e. The fraction of sp³-hybridized carbons (Fsp3) is 0.333. The predicted molar refractivity (Wildman–Crippen MR) is 133 cm³/mol. The van der Waals surface area contributed by atoms with E-state index in [1.807, 2.05) is 66.7 Å². The molecule has 6 nitrogen and oxygen atoms in total. The van der Waals surface area contributed by atoms with E-state index in [0.717, 1.165) is 55.2 Å². The quantitative estimate of drug-likeness (QED) is 0.480. The number of halogens is 1. The van der Waals surface area contributed by atoms with Gasteiger partial charge in [0.1, 0.15) is 18.1 Å². The van der Waals surface area contributed by atoms with Crippen LogP contribution in [0.1, 0.15) is 30.1 Å². The van der Waals surface area contributed by atoms with Gasteiger partial charge >= 0.3 is 0 Å². The van der Waals surface area contributed by atoms with E-state index >= 15 is 0 Å². The molecule has 1 aliphatic heterocycles. The summed E-state index contributed by atoms with van der Waals surface area (Å²) in [5.41, 5.74) is 1.77. The van der Waals surface area contributed by atoms with Crippen LogP contribution in [0.4, 0.5) is 0 Å². The molecule has 0 spiro atoms. The molecule has 1 aliphatic rings. The van der Waals surface area contributed by atoms with Crippen molar-refractivity contribution in [1.82, 2.24) is 15.2 Å². The summed E-state index contributed by atoms with van der Waals surface area (Å²) in [6.45, 7) is 3.20. The molecule has 3 aromatic rings. The van der Waals surface area contributed by atoms with Crippen LogP contribution in [0, 0.1) is 5.92 Å². The number of pyridine rings is 1. The maximum absolute atomic E-state index is 13.2. The number of likely N-dealkylation sites (tertiary alicyclic amines) is 1. The minimum atomic E-state index is -0.304. The molecular formula is C27H30ClN3O3. The SMILES string of the molecule is COc1ccc(OCCN2CCC(C(=O)NC(c3ccc(Cl)cc3)c3ccccn3)CC2)cc1. The highest BCUT2D eigenvalue weighted by molar-refractivity contribution is 6.30. The standard InChI is InChI=1S/C27H30ClN3O3/c1-33-23-9-11-24(12-10-23)34-19-18-31-16-13-21(14-17-31)27(32)30-26(25-4-2-3-15-29-25)20-5-7-22(28)8-6-20/h2-12,15,21,26H,13-14,16-19H2,1H3,(H,30,32). The van der Waals surface area contributed by atoms with Crippen molar-refractivity contribution in [2.24, 2.45) is 5.92 Å². The minimum absolute atomic E-state index is 0.0164. The molecule has 7 heteroatoms. The van der Waals surface area contributed by atoms with E-state index in [1.54, 1.807) is 13.3 Å². The smallest absolute Gasteiger partial charge is 0.224 e. The number of nitrogens with one attached hydrogen (secondary N) is 1. The molecule has 1 unspecified atom stereocenters. The van der Waals surface area contributed by atoms with Gasteiger partial charge in [-0.3, -0.25) is 14.7 Å². The Morgan fingerprint density at radius 1 is 1.06 bits per heavy atom. The third-order valence-corrected chi connectivity index (χ3v) is 6.42. The summed E-state index contributed by atoms with van der Waals surface area (Å²) in [4.78, 5) is 20.0.